The van der Waals surface area contributed by atoms with Crippen molar-refractivity contribution in [2.75, 3.05) is 44.7 Å². The Balaban J connectivity index is 1.53. The first-order chi connectivity index (χ1) is 12.9. The first-order valence-electron chi connectivity index (χ1n) is 8.85. The highest BCUT2D eigenvalue weighted by molar-refractivity contribution is 7.90. The molecular weight excluding hydrogens is 384 g/mol. The maximum Gasteiger partial charge on any atom is 0.254 e. The molecule has 3 rings (SSSR count). The van der Waals surface area contributed by atoms with E-state index in [2.05, 4.69) is 4.90 Å². The molecule has 0 unspecified atom stereocenters. The highest BCUT2D eigenvalue weighted by Crippen LogP contribution is 2.19. The Hall–Kier alpha value is -1.90. The average Bonchev–Trinajstić information content (AvgIpc) is 3.18. The van der Waals surface area contributed by atoms with Crippen molar-refractivity contribution in [3.05, 3.63) is 52.2 Å². The molecule has 1 aliphatic rings. The molecule has 0 spiro atoms. The van der Waals surface area contributed by atoms with Crippen LogP contribution in [0.15, 0.2) is 41.8 Å². The topological polar surface area (TPSA) is 66.9 Å². The van der Waals surface area contributed by atoms with Crippen molar-refractivity contribution in [3.63, 3.8) is 0 Å². The molecule has 6 nitrogen and oxygen atoms in total. The molecule has 0 aliphatic carbocycles. The van der Waals surface area contributed by atoms with E-state index >= 15 is 0 Å². The summed E-state index contributed by atoms with van der Waals surface area (Å²) in [5.41, 5.74) is 0.614. The molecule has 0 radical (unpaired) electrons. The van der Waals surface area contributed by atoms with Gasteiger partial charge in [0.15, 0.2) is 0 Å². The van der Waals surface area contributed by atoms with Gasteiger partial charge in [0.25, 0.3) is 5.91 Å². The Morgan fingerprint density at radius 1 is 1.15 bits per heavy atom. The Morgan fingerprint density at radius 3 is 2.59 bits per heavy atom. The van der Waals surface area contributed by atoms with Crippen molar-refractivity contribution < 1.29 is 17.9 Å². The number of rotatable bonds is 7. The van der Waals surface area contributed by atoms with E-state index in [-0.39, 0.29) is 11.7 Å². The standard InChI is InChI=1S/C19H24N2O4S2/c1-27(23,24)13-11-20-7-9-21(10-8-20)19(22)16-4-2-5-17(14-16)25-15-18-6-3-12-26-18/h2-6,12,14H,7-11,13,15H2,1H3. The van der Waals surface area contributed by atoms with Crippen LogP contribution in [0.1, 0.15) is 15.2 Å². The van der Waals surface area contributed by atoms with E-state index in [0.717, 1.165) is 4.88 Å². The number of sulfone groups is 1. The summed E-state index contributed by atoms with van der Waals surface area (Å²) < 4.78 is 28.4. The van der Waals surface area contributed by atoms with Crippen LogP contribution >= 0.6 is 11.3 Å². The number of benzene rings is 1. The summed E-state index contributed by atoms with van der Waals surface area (Å²) in [6, 6.07) is 11.3. The van der Waals surface area contributed by atoms with Crippen molar-refractivity contribution >= 4 is 27.1 Å². The molecule has 1 aromatic carbocycles. The minimum atomic E-state index is -2.96. The molecule has 8 heteroatoms. The van der Waals surface area contributed by atoms with Gasteiger partial charge in [-0.1, -0.05) is 12.1 Å². The zero-order valence-corrected chi connectivity index (χ0v) is 17.0. The summed E-state index contributed by atoms with van der Waals surface area (Å²) in [5.74, 6) is 0.824. The van der Waals surface area contributed by atoms with E-state index in [0.29, 0.717) is 50.6 Å². The largest absolute Gasteiger partial charge is 0.488 e. The second-order valence-electron chi connectivity index (χ2n) is 6.66. The van der Waals surface area contributed by atoms with Crippen LogP contribution in [0, 0.1) is 0 Å². The number of hydrogen-bond acceptors (Lipinski definition) is 6. The predicted molar refractivity (Wildman–Crippen MR) is 107 cm³/mol. The van der Waals surface area contributed by atoms with Gasteiger partial charge in [-0.25, -0.2) is 8.42 Å². The lowest BCUT2D eigenvalue weighted by Gasteiger charge is -2.34. The van der Waals surface area contributed by atoms with Gasteiger partial charge in [0, 0.05) is 49.4 Å². The summed E-state index contributed by atoms with van der Waals surface area (Å²) in [6.45, 7) is 3.60. The number of nitrogens with zero attached hydrogens (tertiary/aromatic N) is 2. The Kier molecular flexibility index (Phi) is 6.51. The second kappa shape index (κ2) is 8.86. The van der Waals surface area contributed by atoms with Gasteiger partial charge in [0.05, 0.1) is 5.75 Å². The molecule has 2 heterocycles. The van der Waals surface area contributed by atoms with Gasteiger partial charge < -0.3 is 9.64 Å². The summed E-state index contributed by atoms with van der Waals surface area (Å²) >= 11 is 1.64. The van der Waals surface area contributed by atoms with Crippen molar-refractivity contribution in [1.29, 1.82) is 0 Å². The van der Waals surface area contributed by atoms with Gasteiger partial charge in [-0.05, 0) is 29.6 Å². The number of amides is 1. The SMILES string of the molecule is CS(=O)(=O)CCN1CCN(C(=O)c2cccc(OCc3cccs3)c2)CC1. The minimum absolute atomic E-state index is 0.0145. The molecular formula is C19H24N2O4S2. The monoisotopic (exact) mass is 408 g/mol. The number of hydrogen-bond donors (Lipinski definition) is 0. The molecule has 27 heavy (non-hydrogen) atoms. The van der Waals surface area contributed by atoms with Crippen LogP contribution in [0.4, 0.5) is 0 Å². The quantitative estimate of drug-likeness (QED) is 0.702. The number of thiophene rings is 1. The van der Waals surface area contributed by atoms with Crippen molar-refractivity contribution in [2.45, 2.75) is 6.61 Å². The fourth-order valence-corrected chi connectivity index (χ4v) is 4.13. The molecule has 1 aromatic heterocycles. The lowest BCUT2D eigenvalue weighted by molar-refractivity contribution is 0.0643. The third kappa shape index (κ3) is 6.05. The summed E-state index contributed by atoms with van der Waals surface area (Å²) in [4.78, 5) is 17.8. The molecule has 2 aromatic rings. The summed E-state index contributed by atoms with van der Waals surface area (Å²) in [7, 11) is -2.96. The molecule has 146 valence electrons. The normalized spacial score (nSPS) is 15.7. The van der Waals surface area contributed by atoms with Crippen LogP contribution < -0.4 is 4.74 Å². The minimum Gasteiger partial charge on any atom is -0.488 e. The number of carbonyl (C=O) groups excluding carboxylic acids is 1. The lowest BCUT2D eigenvalue weighted by Crippen LogP contribution is -2.49. The Morgan fingerprint density at radius 2 is 1.93 bits per heavy atom. The van der Waals surface area contributed by atoms with E-state index in [4.69, 9.17) is 4.74 Å². The van der Waals surface area contributed by atoms with Crippen LogP contribution in [0.5, 0.6) is 5.75 Å². The first-order valence-corrected chi connectivity index (χ1v) is 11.8. The van der Waals surface area contributed by atoms with Crippen molar-refractivity contribution in [3.8, 4) is 5.75 Å². The van der Waals surface area contributed by atoms with Crippen molar-refractivity contribution in [1.82, 2.24) is 9.80 Å². The zero-order chi connectivity index (χ0) is 19.3. The number of piperazine rings is 1. The van der Waals surface area contributed by atoms with Gasteiger partial charge in [-0.3, -0.25) is 9.69 Å². The smallest absolute Gasteiger partial charge is 0.254 e. The average molecular weight is 409 g/mol. The highest BCUT2D eigenvalue weighted by atomic mass is 32.2. The second-order valence-corrected chi connectivity index (χ2v) is 9.95. The zero-order valence-electron chi connectivity index (χ0n) is 15.3. The van der Waals surface area contributed by atoms with Crippen LogP contribution in [-0.4, -0.2) is 68.9 Å². The third-order valence-electron chi connectivity index (χ3n) is 4.48. The van der Waals surface area contributed by atoms with Crippen LogP contribution in [0.3, 0.4) is 0 Å². The molecule has 0 N–H and O–H groups in total. The van der Waals surface area contributed by atoms with E-state index in [1.165, 1.54) is 6.26 Å². The Bertz CT molecular complexity index is 858. The van der Waals surface area contributed by atoms with E-state index in [1.54, 1.807) is 23.5 Å². The van der Waals surface area contributed by atoms with Gasteiger partial charge in [0.1, 0.15) is 22.2 Å². The molecule has 1 fully saturated rings. The Labute approximate surface area is 164 Å². The van der Waals surface area contributed by atoms with Gasteiger partial charge in [0.2, 0.25) is 0 Å². The molecule has 0 bridgehead atoms. The maximum absolute atomic E-state index is 12.8. The molecule has 1 aliphatic heterocycles. The van der Waals surface area contributed by atoms with Gasteiger partial charge in [-0.15, -0.1) is 11.3 Å². The summed E-state index contributed by atoms with van der Waals surface area (Å²) in [5, 5.41) is 2.01. The van der Waals surface area contributed by atoms with Crippen LogP contribution in [0.2, 0.25) is 0 Å². The van der Waals surface area contributed by atoms with E-state index in [1.807, 2.05) is 34.5 Å². The van der Waals surface area contributed by atoms with Gasteiger partial charge in [-0.2, -0.15) is 0 Å². The molecule has 0 atom stereocenters. The summed E-state index contributed by atoms with van der Waals surface area (Å²) in [6.07, 6.45) is 1.25. The maximum atomic E-state index is 12.8. The number of ether oxygens (including phenoxy) is 1. The van der Waals surface area contributed by atoms with Crippen LogP contribution in [0.25, 0.3) is 0 Å². The fraction of sp³-hybridized carbons (Fsp3) is 0.421. The third-order valence-corrected chi connectivity index (χ3v) is 6.25. The fourth-order valence-electron chi connectivity index (χ4n) is 2.92. The number of carbonyl (C=O) groups is 1. The van der Waals surface area contributed by atoms with Gasteiger partial charge >= 0.3 is 0 Å². The molecule has 0 saturated carbocycles. The van der Waals surface area contributed by atoms with E-state index < -0.39 is 9.84 Å². The predicted octanol–water partition coefficient (Wildman–Crippen LogP) is 2.13. The molecule has 1 saturated heterocycles. The molecule has 1 amide bonds. The lowest BCUT2D eigenvalue weighted by atomic mass is 10.1. The van der Waals surface area contributed by atoms with Crippen LogP contribution in [-0.2, 0) is 16.4 Å². The first kappa shape index (κ1) is 19.9. The highest BCUT2D eigenvalue weighted by Gasteiger charge is 2.22. The van der Waals surface area contributed by atoms with Crippen molar-refractivity contribution in [2.24, 2.45) is 0 Å². The van der Waals surface area contributed by atoms with E-state index in [9.17, 15) is 13.2 Å².